The van der Waals surface area contributed by atoms with Crippen molar-refractivity contribution in [1.82, 2.24) is 0 Å². The van der Waals surface area contributed by atoms with Crippen LogP contribution < -0.4 is 0 Å². The molecule has 0 aliphatic heterocycles. The van der Waals surface area contributed by atoms with Gasteiger partial charge in [0.15, 0.2) is 0 Å². The standard InChI is InChI=1S/C8H18.C4H6O7S/c1-3-5-7-8-6-4-2;5-3(6)1-2-4(7)11-12(8,9)10/h3-8H2,1-2H3;1-2H2,(H,5,6)(H,8,9,10). The van der Waals surface area contributed by atoms with Gasteiger partial charge in [-0.1, -0.05) is 52.4 Å². The predicted octanol–water partition coefficient (Wildman–Crippen LogP) is 2.56. The van der Waals surface area contributed by atoms with Crippen molar-refractivity contribution in [2.24, 2.45) is 0 Å². The van der Waals surface area contributed by atoms with Gasteiger partial charge in [-0.2, -0.15) is 8.42 Å². The number of unbranched alkanes of at least 4 members (excludes halogenated alkanes) is 5. The molecule has 0 saturated heterocycles. The maximum Gasteiger partial charge on any atom is 0.448 e. The zero-order chi connectivity index (χ0) is 16.0. The number of rotatable bonds is 9. The largest absolute Gasteiger partial charge is 0.481 e. The van der Waals surface area contributed by atoms with Gasteiger partial charge in [0, 0.05) is 0 Å². The van der Waals surface area contributed by atoms with E-state index in [0.29, 0.717) is 0 Å². The first-order valence-electron chi connectivity index (χ1n) is 6.64. The molecule has 0 amide bonds. The quantitative estimate of drug-likeness (QED) is 0.496. The summed E-state index contributed by atoms with van der Waals surface area (Å²) in [5.41, 5.74) is 0. The van der Waals surface area contributed by atoms with E-state index >= 15 is 0 Å². The summed E-state index contributed by atoms with van der Waals surface area (Å²) in [6, 6.07) is 0. The van der Waals surface area contributed by atoms with E-state index in [1.165, 1.54) is 38.5 Å². The lowest BCUT2D eigenvalue weighted by molar-refractivity contribution is -0.142. The van der Waals surface area contributed by atoms with Crippen LogP contribution in [0.25, 0.3) is 0 Å². The van der Waals surface area contributed by atoms with E-state index in [4.69, 9.17) is 9.66 Å². The van der Waals surface area contributed by atoms with Gasteiger partial charge in [0.2, 0.25) is 0 Å². The van der Waals surface area contributed by atoms with Crippen LogP contribution in [0.5, 0.6) is 0 Å². The predicted molar refractivity (Wildman–Crippen MR) is 73.6 cm³/mol. The third kappa shape index (κ3) is 22.1. The molecule has 0 heterocycles. The summed E-state index contributed by atoms with van der Waals surface area (Å²) >= 11 is 0. The van der Waals surface area contributed by atoms with E-state index in [2.05, 4.69) is 18.0 Å². The summed E-state index contributed by atoms with van der Waals surface area (Å²) in [5, 5.41) is 8.04. The van der Waals surface area contributed by atoms with Gasteiger partial charge in [-0.25, -0.2) is 0 Å². The lowest BCUT2D eigenvalue weighted by atomic mass is 10.1. The summed E-state index contributed by atoms with van der Waals surface area (Å²) in [4.78, 5) is 20.2. The van der Waals surface area contributed by atoms with Crippen LogP contribution in [-0.2, 0) is 24.2 Å². The summed E-state index contributed by atoms with van der Waals surface area (Å²) in [7, 11) is -4.81. The second-order valence-corrected chi connectivity index (χ2v) is 5.21. The molecule has 0 spiro atoms. The van der Waals surface area contributed by atoms with E-state index in [1.807, 2.05) is 0 Å². The van der Waals surface area contributed by atoms with Gasteiger partial charge in [-0.05, 0) is 0 Å². The zero-order valence-electron chi connectivity index (χ0n) is 12.0. The van der Waals surface area contributed by atoms with Crippen molar-refractivity contribution in [3.8, 4) is 0 Å². The minimum atomic E-state index is -4.81. The molecule has 2 N–H and O–H groups in total. The van der Waals surface area contributed by atoms with Crippen LogP contribution >= 0.6 is 0 Å². The second kappa shape index (κ2) is 12.9. The zero-order valence-corrected chi connectivity index (χ0v) is 12.8. The van der Waals surface area contributed by atoms with Crippen molar-refractivity contribution < 1.29 is 31.8 Å². The number of carbonyl (C=O) groups is 2. The molecule has 0 aromatic rings. The molecule has 0 bridgehead atoms. The van der Waals surface area contributed by atoms with Gasteiger partial charge < -0.3 is 9.29 Å². The molecule has 0 saturated carbocycles. The molecule has 120 valence electrons. The highest BCUT2D eigenvalue weighted by Crippen LogP contribution is 2.03. The normalized spacial score (nSPS) is 10.3. The Balaban J connectivity index is 0. The fourth-order valence-corrected chi connectivity index (χ4v) is 1.54. The van der Waals surface area contributed by atoms with Crippen molar-refractivity contribution in [2.75, 3.05) is 0 Å². The van der Waals surface area contributed by atoms with Crippen LogP contribution in [0.1, 0.15) is 65.2 Å². The van der Waals surface area contributed by atoms with Crippen LogP contribution in [0.15, 0.2) is 0 Å². The minimum Gasteiger partial charge on any atom is -0.481 e. The topological polar surface area (TPSA) is 118 Å². The van der Waals surface area contributed by atoms with Crippen molar-refractivity contribution in [2.45, 2.75) is 65.2 Å². The summed E-state index contributed by atoms with van der Waals surface area (Å²) in [6.45, 7) is 4.51. The van der Waals surface area contributed by atoms with Gasteiger partial charge in [0.25, 0.3) is 0 Å². The van der Waals surface area contributed by atoms with Gasteiger partial charge in [0.05, 0.1) is 12.8 Å². The Morgan fingerprint density at radius 3 is 1.70 bits per heavy atom. The van der Waals surface area contributed by atoms with Crippen LogP contribution in [0.4, 0.5) is 0 Å². The highest BCUT2D eigenvalue weighted by Gasteiger charge is 2.13. The Morgan fingerprint density at radius 2 is 1.40 bits per heavy atom. The average Bonchev–Trinajstić information content (AvgIpc) is 2.31. The molecule has 0 aromatic heterocycles. The molecule has 20 heavy (non-hydrogen) atoms. The lowest BCUT2D eigenvalue weighted by Crippen LogP contribution is -2.12. The van der Waals surface area contributed by atoms with Crippen molar-refractivity contribution in [3.05, 3.63) is 0 Å². The van der Waals surface area contributed by atoms with Crippen LogP contribution in [0.2, 0.25) is 0 Å². The van der Waals surface area contributed by atoms with Gasteiger partial charge >= 0.3 is 22.3 Å². The van der Waals surface area contributed by atoms with E-state index in [1.54, 1.807) is 0 Å². The number of carbonyl (C=O) groups excluding carboxylic acids is 1. The molecule has 8 heteroatoms. The first-order chi connectivity index (χ1) is 9.22. The van der Waals surface area contributed by atoms with Crippen molar-refractivity contribution >= 4 is 22.3 Å². The molecular weight excluding hydrogens is 288 g/mol. The Morgan fingerprint density at radius 1 is 0.950 bits per heavy atom. The molecule has 0 atom stereocenters. The van der Waals surface area contributed by atoms with Crippen LogP contribution in [-0.4, -0.2) is 30.0 Å². The number of carboxylic acid groups (broad SMARTS) is 1. The number of hydrogen-bond donors (Lipinski definition) is 2. The van der Waals surface area contributed by atoms with E-state index < -0.39 is 35.2 Å². The SMILES string of the molecule is CCCCCCCC.O=C(O)CCC(=O)OS(=O)(=O)O. The monoisotopic (exact) mass is 312 g/mol. The Labute approximate surface area is 120 Å². The third-order valence-electron chi connectivity index (χ3n) is 2.20. The van der Waals surface area contributed by atoms with Gasteiger partial charge in [0.1, 0.15) is 0 Å². The second-order valence-electron chi connectivity index (χ2n) is 4.19. The smallest absolute Gasteiger partial charge is 0.448 e. The number of carboxylic acids is 1. The molecule has 0 aromatic carbocycles. The van der Waals surface area contributed by atoms with Crippen molar-refractivity contribution in [3.63, 3.8) is 0 Å². The van der Waals surface area contributed by atoms with Gasteiger partial charge in [-0.3, -0.25) is 14.1 Å². The van der Waals surface area contributed by atoms with E-state index in [0.717, 1.165) is 0 Å². The molecule has 0 aliphatic carbocycles. The molecular formula is C12H24O7S. The number of hydrogen-bond acceptors (Lipinski definition) is 5. The fourth-order valence-electron chi connectivity index (χ4n) is 1.22. The highest BCUT2D eigenvalue weighted by atomic mass is 32.3. The summed E-state index contributed by atoms with van der Waals surface area (Å²) in [5.74, 6) is -2.57. The maximum atomic E-state index is 10.3. The highest BCUT2D eigenvalue weighted by molar-refractivity contribution is 7.81. The molecule has 7 nitrogen and oxygen atoms in total. The molecule has 0 aliphatic rings. The molecule has 0 fully saturated rings. The molecule has 0 radical (unpaired) electrons. The molecule has 0 rings (SSSR count). The fraction of sp³-hybridized carbons (Fsp3) is 0.833. The van der Waals surface area contributed by atoms with Gasteiger partial charge in [-0.15, -0.1) is 0 Å². The van der Waals surface area contributed by atoms with E-state index in [9.17, 15) is 18.0 Å². The van der Waals surface area contributed by atoms with Crippen molar-refractivity contribution in [1.29, 1.82) is 0 Å². The van der Waals surface area contributed by atoms with Crippen LogP contribution in [0.3, 0.4) is 0 Å². The Bertz CT molecular complexity index is 356. The first-order valence-corrected chi connectivity index (χ1v) is 8.01. The third-order valence-corrected chi connectivity index (χ3v) is 2.59. The minimum absolute atomic E-state index is 0.547. The molecule has 0 unspecified atom stereocenters. The summed E-state index contributed by atoms with van der Waals surface area (Å²) < 4.78 is 31.1. The first kappa shape index (κ1) is 21.2. The maximum absolute atomic E-state index is 10.3. The lowest BCUT2D eigenvalue weighted by Gasteiger charge is -1.96. The number of aliphatic carboxylic acids is 1. The Kier molecular flexibility index (Phi) is 13.6. The van der Waals surface area contributed by atoms with E-state index in [-0.39, 0.29) is 0 Å². The average molecular weight is 312 g/mol. The summed E-state index contributed by atoms with van der Waals surface area (Å²) in [6.07, 6.45) is 7.34. The Hall–Kier alpha value is -1.15. The van der Waals surface area contributed by atoms with Crippen LogP contribution in [0, 0.1) is 0 Å².